The van der Waals surface area contributed by atoms with Crippen LogP contribution in [0.4, 0.5) is 0 Å². The van der Waals surface area contributed by atoms with Crippen molar-refractivity contribution in [3.05, 3.63) is 36.0 Å². The van der Waals surface area contributed by atoms with E-state index >= 15 is 0 Å². The third kappa shape index (κ3) is 3.56. The Morgan fingerprint density at radius 2 is 1.88 bits per heavy atom. The first-order valence-electron chi connectivity index (χ1n) is 8.76. The largest absolute Gasteiger partial charge is 0.478 e. The molecule has 1 aromatic heterocycles. The van der Waals surface area contributed by atoms with Crippen LogP contribution in [0.15, 0.2) is 30.5 Å². The molecular weight excluding hydrogens is 336 g/mol. The first-order chi connectivity index (χ1) is 12.5. The van der Waals surface area contributed by atoms with Crippen LogP contribution in [0.1, 0.15) is 30.1 Å². The number of carbonyl (C=O) groups is 3. The molecule has 0 spiro atoms. The summed E-state index contributed by atoms with van der Waals surface area (Å²) in [6.07, 6.45) is 2.70. The number of amides is 1. The van der Waals surface area contributed by atoms with Crippen LogP contribution in [-0.2, 0) is 20.9 Å². The van der Waals surface area contributed by atoms with E-state index in [4.69, 9.17) is 4.74 Å². The Morgan fingerprint density at radius 3 is 2.54 bits per heavy atom. The Hall–Kier alpha value is -2.83. The van der Waals surface area contributed by atoms with Gasteiger partial charge in [-0.3, -0.25) is 9.59 Å². The summed E-state index contributed by atoms with van der Waals surface area (Å²) in [6.45, 7) is 3.24. The predicted octanol–water partition coefficient (Wildman–Crippen LogP) is 2.14. The highest BCUT2D eigenvalue weighted by Crippen LogP contribution is 2.23. The molecule has 1 N–H and O–H groups in total. The molecule has 26 heavy (non-hydrogen) atoms. The van der Waals surface area contributed by atoms with Gasteiger partial charge >= 0.3 is 11.9 Å². The monoisotopic (exact) mass is 358 g/mol. The number of likely N-dealkylation sites (tertiary alicyclic amines) is 1. The lowest BCUT2D eigenvalue weighted by Crippen LogP contribution is -2.42. The Kier molecular flexibility index (Phi) is 5.25. The van der Waals surface area contributed by atoms with E-state index in [0.29, 0.717) is 37.9 Å². The van der Waals surface area contributed by atoms with Crippen molar-refractivity contribution in [1.82, 2.24) is 9.47 Å². The second kappa shape index (κ2) is 7.59. The van der Waals surface area contributed by atoms with Gasteiger partial charge in [0.2, 0.25) is 5.91 Å². The van der Waals surface area contributed by atoms with Gasteiger partial charge in [0.25, 0.3) is 0 Å². The topological polar surface area (TPSA) is 88.8 Å². The van der Waals surface area contributed by atoms with E-state index in [1.165, 1.54) is 6.20 Å². The number of para-hydroxylation sites is 1. The van der Waals surface area contributed by atoms with Crippen molar-refractivity contribution in [2.45, 2.75) is 26.3 Å². The van der Waals surface area contributed by atoms with Gasteiger partial charge in [0, 0.05) is 30.2 Å². The van der Waals surface area contributed by atoms with E-state index in [9.17, 15) is 19.5 Å². The fourth-order valence-corrected chi connectivity index (χ4v) is 3.42. The van der Waals surface area contributed by atoms with Crippen LogP contribution < -0.4 is 0 Å². The van der Waals surface area contributed by atoms with Gasteiger partial charge in [0.15, 0.2) is 0 Å². The number of piperidine rings is 1. The highest BCUT2D eigenvalue weighted by Gasteiger charge is 2.28. The van der Waals surface area contributed by atoms with E-state index in [0.717, 1.165) is 5.52 Å². The van der Waals surface area contributed by atoms with Crippen molar-refractivity contribution >= 4 is 28.7 Å². The normalized spacial score (nSPS) is 15.2. The van der Waals surface area contributed by atoms with Crippen molar-refractivity contribution in [2.24, 2.45) is 5.92 Å². The highest BCUT2D eigenvalue weighted by atomic mass is 16.5. The summed E-state index contributed by atoms with van der Waals surface area (Å²) in [5.41, 5.74) is 0.911. The molecule has 1 aliphatic rings. The van der Waals surface area contributed by atoms with Gasteiger partial charge in [-0.1, -0.05) is 18.2 Å². The van der Waals surface area contributed by atoms with Crippen molar-refractivity contribution in [3.63, 3.8) is 0 Å². The van der Waals surface area contributed by atoms with Crippen LogP contribution in [0.3, 0.4) is 0 Å². The predicted molar refractivity (Wildman–Crippen MR) is 94.8 cm³/mol. The van der Waals surface area contributed by atoms with Gasteiger partial charge < -0.3 is 19.3 Å². The number of ether oxygens (including phenoxy) is 1. The molecule has 1 fully saturated rings. The quantitative estimate of drug-likeness (QED) is 0.827. The number of hydrogen-bond donors (Lipinski definition) is 1. The number of hydrogen-bond acceptors (Lipinski definition) is 4. The maximum atomic E-state index is 12.6. The number of carboxylic acids is 1. The minimum Gasteiger partial charge on any atom is -0.478 e. The zero-order valence-electron chi connectivity index (χ0n) is 14.7. The van der Waals surface area contributed by atoms with Gasteiger partial charge in [-0.25, -0.2) is 4.79 Å². The number of aromatic carboxylic acids is 1. The van der Waals surface area contributed by atoms with Crippen LogP contribution in [0, 0.1) is 5.92 Å². The van der Waals surface area contributed by atoms with Gasteiger partial charge in [0.1, 0.15) is 6.54 Å². The summed E-state index contributed by atoms with van der Waals surface area (Å²) in [5.74, 6) is -1.43. The average Bonchev–Trinajstić information content (AvgIpc) is 3.01. The summed E-state index contributed by atoms with van der Waals surface area (Å²) < 4.78 is 6.72. The van der Waals surface area contributed by atoms with Gasteiger partial charge in [-0.15, -0.1) is 0 Å². The lowest BCUT2D eigenvalue weighted by Gasteiger charge is -2.31. The SMILES string of the molecule is CCOC(=O)C1CCN(C(=O)Cn2cc(C(=O)O)c3ccccc32)CC1. The van der Waals surface area contributed by atoms with Gasteiger partial charge in [-0.2, -0.15) is 0 Å². The smallest absolute Gasteiger partial charge is 0.337 e. The van der Waals surface area contributed by atoms with E-state index in [-0.39, 0.29) is 29.9 Å². The molecule has 0 aliphatic carbocycles. The molecule has 1 aromatic carbocycles. The zero-order chi connectivity index (χ0) is 18.7. The molecule has 0 unspecified atom stereocenters. The van der Waals surface area contributed by atoms with Crippen molar-refractivity contribution in [2.75, 3.05) is 19.7 Å². The molecule has 0 saturated carbocycles. The second-order valence-corrected chi connectivity index (χ2v) is 6.40. The molecule has 7 nitrogen and oxygen atoms in total. The number of benzene rings is 1. The maximum absolute atomic E-state index is 12.6. The van der Waals surface area contributed by atoms with E-state index in [1.54, 1.807) is 28.5 Å². The summed E-state index contributed by atoms with van der Waals surface area (Å²) in [6, 6.07) is 7.15. The van der Waals surface area contributed by atoms with Gasteiger partial charge in [-0.05, 0) is 25.8 Å². The van der Waals surface area contributed by atoms with E-state index < -0.39 is 5.97 Å². The second-order valence-electron chi connectivity index (χ2n) is 6.40. The molecule has 2 aromatic rings. The summed E-state index contributed by atoms with van der Waals surface area (Å²) in [7, 11) is 0. The number of carboxylic acid groups (broad SMARTS) is 1. The van der Waals surface area contributed by atoms with Crippen LogP contribution in [-0.4, -0.2) is 52.1 Å². The third-order valence-corrected chi connectivity index (χ3v) is 4.79. The van der Waals surface area contributed by atoms with Crippen LogP contribution in [0.5, 0.6) is 0 Å². The Labute approximate surface area is 151 Å². The van der Waals surface area contributed by atoms with Crippen LogP contribution in [0.25, 0.3) is 10.9 Å². The molecule has 7 heteroatoms. The van der Waals surface area contributed by atoms with E-state index in [1.807, 2.05) is 12.1 Å². The summed E-state index contributed by atoms with van der Waals surface area (Å²) >= 11 is 0. The minimum absolute atomic E-state index is 0.0787. The molecule has 0 bridgehead atoms. The molecule has 1 aliphatic heterocycles. The number of fused-ring (bicyclic) bond motifs is 1. The third-order valence-electron chi connectivity index (χ3n) is 4.79. The fraction of sp³-hybridized carbons (Fsp3) is 0.421. The Bertz CT molecular complexity index is 834. The van der Waals surface area contributed by atoms with Gasteiger partial charge in [0.05, 0.1) is 18.1 Å². The lowest BCUT2D eigenvalue weighted by molar-refractivity contribution is -0.151. The highest BCUT2D eigenvalue weighted by molar-refractivity contribution is 6.03. The first kappa shape index (κ1) is 18.0. The molecular formula is C19H22N2O5. The van der Waals surface area contributed by atoms with E-state index in [2.05, 4.69) is 0 Å². The first-order valence-corrected chi connectivity index (χ1v) is 8.76. The maximum Gasteiger partial charge on any atom is 0.337 e. The standard InChI is InChI=1S/C19H22N2O5/c1-2-26-19(25)13-7-9-20(10-8-13)17(22)12-21-11-15(18(23)24)14-5-3-4-6-16(14)21/h3-6,11,13H,2,7-10,12H2,1H3,(H,23,24). The molecule has 3 rings (SSSR count). The average molecular weight is 358 g/mol. The molecule has 0 radical (unpaired) electrons. The van der Waals surface area contributed by atoms with Crippen LogP contribution >= 0.6 is 0 Å². The summed E-state index contributed by atoms with van der Waals surface area (Å²) in [5, 5.41) is 9.97. The Morgan fingerprint density at radius 1 is 1.19 bits per heavy atom. The lowest BCUT2D eigenvalue weighted by atomic mass is 9.97. The van der Waals surface area contributed by atoms with Crippen molar-refractivity contribution < 1.29 is 24.2 Å². The van der Waals surface area contributed by atoms with Crippen molar-refractivity contribution in [3.8, 4) is 0 Å². The molecule has 1 amide bonds. The number of rotatable bonds is 5. The fourth-order valence-electron chi connectivity index (χ4n) is 3.42. The zero-order valence-corrected chi connectivity index (χ0v) is 14.7. The molecule has 2 heterocycles. The molecule has 1 saturated heterocycles. The molecule has 0 atom stereocenters. The van der Waals surface area contributed by atoms with Crippen molar-refractivity contribution in [1.29, 1.82) is 0 Å². The number of carbonyl (C=O) groups excluding carboxylic acids is 2. The molecule has 138 valence electrons. The number of esters is 1. The minimum atomic E-state index is -1.01. The number of aromatic nitrogens is 1. The van der Waals surface area contributed by atoms with Crippen LogP contribution in [0.2, 0.25) is 0 Å². The summed E-state index contributed by atoms with van der Waals surface area (Å²) in [4.78, 5) is 37.6. The number of nitrogens with zero attached hydrogens (tertiary/aromatic N) is 2. The Balaban J connectivity index is 1.69.